The van der Waals surface area contributed by atoms with E-state index in [2.05, 4.69) is 27.3 Å². The molecule has 29 heavy (non-hydrogen) atoms. The molecule has 0 unspecified atom stereocenters. The third kappa shape index (κ3) is 3.29. The molecular formula is C22H25N5O2. The smallest absolute Gasteiger partial charge is 0.274 e. The maximum absolute atomic E-state index is 13.1. The Hall–Kier alpha value is -2.80. The summed E-state index contributed by atoms with van der Waals surface area (Å²) in [5, 5.41) is 8.44. The van der Waals surface area contributed by atoms with Crippen LogP contribution >= 0.6 is 0 Å². The SMILES string of the molecule is C[C@@H]1Cc2c(C(=O)N3CCC(c4ccc5cccnc5n4)CC3)n[nH]c2[C@H](C)O1. The summed E-state index contributed by atoms with van der Waals surface area (Å²) < 4.78 is 5.84. The zero-order chi connectivity index (χ0) is 20.0. The Balaban J connectivity index is 1.30. The first-order chi connectivity index (χ1) is 14.1. The Bertz CT molecular complexity index is 1050. The van der Waals surface area contributed by atoms with Gasteiger partial charge in [-0.05, 0) is 51.0 Å². The van der Waals surface area contributed by atoms with Crippen molar-refractivity contribution in [3.05, 3.63) is 53.1 Å². The van der Waals surface area contributed by atoms with Gasteiger partial charge in [0.1, 0.15) is 0 Å². The summed E-state index contributed by atoms with van der Waals surface area (Å²) in [6, 6.07) is 8.13. The molecule has 1 amide bonds. The van der Waals surface area contributed by atoms with Crippen molar-refractivity contribution >= 4 is 16.9 Å². The van der Waals surface area contributed by atoms with Gasteiger partial charge in [0.15, 0.2) is 11.3 Å². The van der Waals surface area contributed by atoms with Crippen LogP contribution in [0.3, 0.4) is 0 Å². The number of fused-ring (bicyclic) bond motifs is 2. The van der Waals surface area contributed by atoms with Gasteiger partial charge in [0.25, 0.3) is 5.91 Å². The molecule has 1 N–H and O–H groups in total. The van der Waals surface area contributed by atoms with E-state index >= 15 is 0 Å². The molecule has 7 heteroatoms. The number of ether oxygens (including phenoxy) is 1. The first-order valence-corrected chi connectivity index (χ1v) is 10.3. The summed E-state index contributed by atoms with van der Waals surface area (Å²) in [6.45, 7) is 5.47. The first-order valence-electron chi connectivity index (χ1n) is 10.3. The lowest BCUT2D eigenvalue weighted by molar-refractivity contribution is -0.00703. The maximum atomic E-state index is 13.1. The van der Waals surface area contributed by atoms with Crippen molar-refractivity contribution in [2.45, 2.75) is 51.2 Å². The Morgan fingerprint density at radius 1 is 1.21 bits per heavy atom. The van der Waals surface area contributed by atoms with Crippen LogP contribution in [0, 0.1) is 0 Å². The molecule has 5 rings (SSSR count). The topological polar surface area (TPSA) is 84.0 Å². The van der Waals surface area contributed by atoms with E-state index in [1.165, 1.54) is 0 Å². The minimum atomic E-state index is -0.0545. The lowest BCUT2D eigenvalue weighted by Crippen LogP contribution is -2.39. The molecule has 150 valence electrons. The zero-order valence-corrected chi connectivity index (χ0v) is 16.8. The molecule has 0 aromatic carbocycles. The molecule has 3 aromatic rings. The summed E-state index contributed by atoms with van der Waals surface area (Å²) in [7, 11) is 0. The third-order valence-electron chi connectivity index (χ3n) is 6.12. The average Bonchev–Trinajstić information content (AvgIpc) is 3.17. The van der Waals surface area contributed by atoms with Crippen LogP contribution in [-0.4, -0.2) is 50.2 Å². The quantitative estimate of drug-likeness (QED) is 0.724. The fraction of sp³-hybridized carbons (Fsp3) is 0.455. The number of hydrogen-bond donors (Lipinski definition) is 1. The molecule has 5 heterocycles. The molecule has 1 fully saturated rings. The fourth-order valence-electron chi connectivity index (χ4n) is 4.57. The van der Waals surface area contributed by atoms with Gasteiger partial charge in [-0.2, -0.15) is 5.10 Å². The highest BCUT2D eigenvalue weighted by Gasteiger charge is 2.33. The van der Waals surface area contributed by atoms with Crippen molar-refractivity contribution in [3.63, 3.8) is 0 Å². The molecule has 3 aromatic heterocycles. The van der Waals surface area contributed by atoms with Crippen LogP contribution in [-0.2, 0) is 11.2 Å². The number of piperidine rings is 1. The molecular weight excluding hydrogens is 366 g/mol. The summed E-state index contributed by atoms with van der Waals surface area (Å²) in [5.41, 5.74) is 4.38. The molecule has 0 spiro atoms. The highest BCUT2D eigenvalue weighted by molar-refractivity contribution is 5.94. The number of likely N-dealkylation sites (tertiary alicyclic amines) is 1. The van der Waals surface area contributed by atoms with E-state index in [0.29, 0.717) is 24.7 Å². The van der Waals surface area contributed by atoms with E-state index in [1.807, 2.05) is 30.9 Å². The van der Waals surface area contributed by atoms with Gasteiger partial charge in [-0.25, -0.2) is 9.97 Å². The van der Waals surface area contributed by atoms with Crippen LogP contribution in [0.1, 0.15) is 66.2 Å². The Morgan fingerprint density at radius 3 is 2.86 bits per heavy atom. The Morgan fingerprint density at radius 2 is 2.03 bits per heavy atom. The molecule has 0 saturated carbocycles. The van der Waals surface area contributed by atoms with E-state index < -0.39 is 0 Å². The van der Waals surface area contributed by atoms with Gasteiger partial charge in [-0.1, -0.05) is 0 Å². The highest BCUT2D eigenvalue weighted by atomic mass is 16.5. The van der Waals surface area contributed by atoms with Crippen molar-refractivity contribution in [1.82, 2.24) is 25.1 Å². The van der Waals surface area contributed by atoms with Gasteiger partial charge in [0, 0.05) is 48.3 Å². The summed E-state index contributed by atoms with van der Waals surface area (Å²) in [6.07, 6.45) is 4.35. The summed E-state index contributed by atoms with van der Waals surface area (Å²) >= 11 is 0. The molecule has 1 saturated heterocycles. The highest BCUT2D eigenvalue weighted by Crippen LogP contribution is 2.32. The number of amides is 1. The molecule has 7 nitrogen and oxygen atoms in total. The van der Waals surface area contributed by atoms with Gasteiger partial charge in [0.05, 0.1) is 17.9 Å². The molecule has 0 aliphatic carbocycles. The standard InChI is InChI=1S/C22H25N5O2/c1-13-12-17-19(14(2)29-13)25-26-20(17)22(28)27-10-7-15(8-11-27)18-6-5-16-4-3-9-23-21(16)24-18/h3-6,9,13-15H,7-8,10-12H2,1-2H3,(H,25,26)/t13-,14+/m1/s1. The van der Waals surface area contributed by atoms with Crippen LogP contribution in [0.25, 0.3) is 11.0 Å². The number of carbonyl (C=O) groups excluding carboxylic acids is 1. The van der Waals surface area contributed by atoms with Crippen molar-refractivity contribution in [3.8, 4) is 0 Å². The normalized spacial score (nSPS) is 22.6. The first kappa shape index (κ1) is 18.2. The number of H-pyrrole nitrogens is 1. The number of nitrogens with one attached hydrogen (secondary N) is 1. The number of pyridine rings is 2. The van der Waals surface area contributed by atoms with Crippen LogP contribution in [0.4, 0.5) is 0 Å². The minimum Gasteiger partial charge on any atom is -0.369 e. The van der Waals surface area contributed by atoms with E-state index in [1.54, 1.807) is 6.20 Å². The monoisotopic (exact) mass is 391 g/mol. The second-order valence-electron chi connectivity index (χ2n) is 8.11. The molecule has 0 bridgehead atoms. The third-order valence-corrected chi connectivity index (χ3v) is 6.12. The second-order valence-corrected chi connectivity index (χ2v) is 8.11. The van der Waals surface area contributed by atoms with Crippen LogP contribution < -0.4 is 0 Å². The Kier molecular flexibility index (Phi) is 4.54. The Labute approximate surface area is 169 Å². The van der Waals surface area contributed by atoms with Crippen LogP contribution in [0.2, 0.25) is 0 Å². The predicted molar refractivity (Wildman–Crippen MR) is 109 cm³/mol. The number of carbonyl (C=O) groups is 1. The molecule has 2 aliphatic heterocycles. The number of hydrogen-bond acceptors (Lipinski definition) is 5. The number of nitrogens with zero attached hydrogens (tertiary/aromatic N) is 4. The molecule has 2 atom stereocenters. The second kappa shape index (κ2) is 7.22. The lowest BCUT2D eigenvalue weighted by atomic mass is 9.92. The molecule has 2 aliphatic rings. The molecule has 0 radical (unpaired) electrons. The summed E-state index contributed by atoms with van der Waals surface area (Å²) in [4.78, 5) is 24.2. The number of rotatable bonds is 2. The summed E-state index contributed by atoms with van der Waals surface area (Å²) in [5.74, 6) is 0.377. The number of aromatic amines is 1. The predicted octanol–water partition coefficient (Wildman–Crippen LogP) is 3.39. The van der Waals surface area contributed by atoms with Crippen molar-refractivity contribution in [2.75, 3.05) is 13.1 Å². The van der Waals surface area contributed by atoms with E-state index in [-0.39, 0.29) is 18.1 Å². The van der Waals surface area contributed by atoms with Crippen molar-refractivity contribution in [1.29, 1.82) is 0 Å². The van der Waals surface area contributed by atoms with Gasteiger partial charge >= 0.3 is 0 Å². The maximum Gasteiger partial charge on any atom is 0.274 e. The average molecular weight is 391 g/mol. The zero-order valence-electron chi connectivity index (χ0n) is 16.8. The van der Waals surface area contributed by atoms with Gasteiger partial charge in [-0.15, -0.1) is 0 Å². The largest absolute Gasteiger partial charge is 0.369 e. The minimum absolute atomic E-state index is 0.0235. The van der Waals surface area contributed by atoms with E-state index in [0.717, 1.165) is 47.2 Å². The fourth-order valence-corrected chi connectivity index (χ4v) is 4.57. The van der Waals surface area contributed by atoms with Crippen LogP contribution in [0.5, 0.6) is 0 Å². The van der Waals surface area contributed by atoms with E-state index in [9.17, 15) is 4.79 Å². The van der Waals surface area contributed by atoms with Gasteiger partial charge in [0.2, 0.25) is 0 Å². The van der Waals surface area contributed by atoms with Gasteiger partial charge < -0.3 is 9.64 Å². The lowest BCUT2D eigenvalue weighted by Gasteiger charge is -2.32. The van der Waals surface area contributed by atoms with Crippen LogP contribution in [0.15, 0.2) is 30.5 Å². The van der Waals surface area contributed by atoms with Crippen molar-refractivity contribution in [2.24, 2.45) is 0 Å². The van der Waals surface area contributed by atoms with Crippen molar-refractivity contribution < 1.29 is 9.53 Å². The number of aromatic nitrogens is 4. The van der Waals surface area contributed by atoms with E-state index in [4.69, 9.17) is 9.72 Å². The van der Waals surface area contributed by atoms with Gasteiger partial charge in [-0.3, -0.25) is 9.89 Å².